The van der Waals surface area contributed by atoms with Gasteiger partial charge in [-0.05, 0) is 31.3 Å². The Hall–Kier alpha value is -3.52. The molecule has 0 spiro atoms. The summed E-state index contributed by atoms with van der Waals surface area (Å²) in [5.41, 5.74) is 2.94. The molecule has 4 heterocycles. The fourth-order valence-corrected chi connectivity index (χ4v) is 3.19. The SMILES string of the molecule is Cc1nc(-c2ccccc2)nc2oc(-c3n[nH]c(=S)o3)c(-n3cccc3)c12. The number of aryl methyl sites for hydroxylation is 1. The molecule has 0 radical (unpaired) electrons. The van der Waals surface area contributed by atoms with Gasteiger partial charge in [-0.1, -0.05) is 30.3 Å². The summed E-state index contributed by atoms with van der Waals surface area (Å²) in [5, 5.41) is 7.54. The average Bonchev–Trinajstić information content (AvgIpc) is 3.40. The summed E-state index contributed by atoms with van der Waals surface area (Å²) in [5.74, 6) is 1.31. The fraction of sp³-hybridized carbons (Fsp3) is 0.0526. The minimum atomic E-state index is 0.177. The first kappa shape index (κ1) is 15.7. The van der Waals surface area contributed by atoms with Crippen LogP contribution in [-0.2, 0) is 0 Å². The molecule has 27 heavy (non-hydrogen) atoms. The molecule has 0 aliphatic heterocycles. The van der Waals surface area contributed by atoms with E-state index in [9.17, 15) is 0 Å². The summed E-state index contributed by atoms with van der Waals surface area (Å²) in [7, 11) is 0. The zero-order valence-electron chi connectivity index (χ0n) is 14.2. The van der Waals surface area contributed by atoms with Gasteiger partial charge in [-0.3, -0.25) is 0 Å². The Labute approximate surface area is 158 Å². The first-order valence-electron chi connectivity index (χ1n) is 8.26. The third-order valence-electron chi connectivity index (χ3n) is 4.23. The molecule has 0 aliphatic carbocycles. The van der Waals surface area contributed by atoms with Gasteiger partial charge in [0.15, 0.2) is 5.82 Å². The van der Waals surface area contributed by atoms with Crippen LogP contribution in [0.5, 0.6) is 0 Å². The number of aromatic amines is 1. The molecular formula is C19H13N5O2S. The smallest absolute Gasteiger partial charge is 0.284 e. The number of rotatable bonds is 3. The maximum Gasteiger partial charge on any atom is 0.284 e. The van der Waals surface area contributed by atoms with E-state index in [1.54, 1.807) is 0 Å². The minimum Gasteiger partial charge on any atom is -0.430 e. The van der Waals surface area contributed by atoms with Gasteiger partial charge < -0.3 is 13.4 Å². The lowest BCUT2D eigenvalue weighted by Gasteiger charge is -2.05. The normalized spacial score (nSPS) is 11.3. The van der Waals surface area contributed by atoms with Crippen molar-refractivity contribution in [1.82, 2.24) is 24.7 Å². The maximum absolute atomic E-state index is 6.07. The maximum atomic E-state index is 6.07. The lowest BCUT2D eigenvalue weighted by atomic mass is 10.2. The number of nitrogens with zero attached hydrogens (tertiary/aromatic N) is 4. The predicted molar refractivity (Wildman–Crippen MR) is 102 cm³/mol. The van der Waals surface area contributed by atoms with Crippen molar-refractivity contribution in [3.8, 4) is 28.7 Å². The first-order valence-corrected chi connectivity index (χ1v) is 8.67. The van der Waals surface area contributed by atoms with Crippen molar-refractivity contribution in [3.05, 3.63) is 65.4 Å². The Kier molecular flexibility index (Phi) is 3.51. The predicted octanol–water partition coefficient (Wildman–Crippen LogP) is 4.70. The third-order valence-corrected chi connectivity index (χ3v) is 4.41. The van der Waals surface area contributed by atoms with Crippen molar-refractivity contribution in [2.45, 2.75) is 6.92 Å². The van der Waals surface area contributed by atoms with Gasteiger partial charge in [0.05, 0.1) is 11.1 Å². The second kappa shape index (κ2) is 6.03. The van der Waals surface area contributed by atoms with Crippen LogP contribution in [-0.4, -0.2) is 24.7 Å². The van der Waals surface area contributed by atoms with Gasteiger partial charge in [-0.25, -0.2) is 10.1 Å². The molecule has 1 aromatic carbocycles. The molecule has 0 saturated carbocycles. The molecule has 132 valence electrons. The van der Waals surface area contributed by atoms with Crippen molar-refractivity contribution in [1.29, 1.82) is 0 Å². The van der Waals surface area contributed by atoms with Gasteiger partial charge in [-0.15, -0.1) is 5.10 Å². The van der Waals surface area contributed by atoms with E-state index in [1.165, 1.54) is 0 Å². The molecule has 7 nitrogen and oxygen atoms in total. The second-order valence-electron chi connectivity index (χ2n) is 5.97. The highest BCUT2D eigenvalue weighted by Crippen LogP contribution is 2.37. The fourth-order valence-electron chi connectivity index (χ4n) is 3.07. The summed E-state index contributed by atoms with van der Waals surface area (Å²) in [4.78, 5) is 9.50. The highest BCUT2D eigenvalue weighted by Gasteiger charge is 2.24. The third kappa shape index (κ3) is 2.58. The van der Waals surface area contributed by atoms with Crippen LogP contribution in [0.15, 0.2) is 63.7 Å². The molecule has 8 heteroatoms. The van der Waals surface area contributed by atoms with E-state index in [4.69, 9.17) is 26.0 Å². The van der Waals surface area contributed by atoms with Crippen LogP contribution in [0.1, 0.15) is 5.69 Å². The molecule has 0 aliphatic rings. The molecule has 0 saturated heterocycles. The average molecular weight is 375 g/mol. The summed E-state index contributed by atoms with van der Waals surface area (Å²) in [6, 6.07) is 13.6. The molecule has 0 amide bonds. The van der Waals surface area contributed by atoms with Crippen LogP contribution < -0.4 is 0 Å². The number of furan rings is 1. The molecule has 0 fully saturated rings. The number of benzene rings is 1. The number of nitrogens with one attached hydrogen (secondary N) is 1. The largest absolute Gasteiger partial charge is 0.430 e. The highest BCUT2D eigenvalue weighted by molar-refractivity contribution is 7.71. The Bertz CT molecular complexity index is 1300. The van der Waals surface area contributed by atoms with Gasteiger partial charge in [0.1, 0.15) is 5.69 Å². The Morgan fingerprint density at radius 1 is 1.00 bits per heavy atom. The van der Waals surface area contributed by atoms with E-state index in [0.717, 1.165) is 22.3 Å². The lowest BCUT2D eigenvalue weighted by Crippen LogP contribution is -1.96. The Morgan fingerprint density at radius 3 is 2.48 bits per heavy atom. The van der Waals surface area contributed by atoms with E-state index in [2.05, 4.69) is 15.2 Å². The van der Waals surface area contributed by atoms with Crippen molar-refractivity contribution >= 4 is 23.3 Å². The quantitative estimate of drug-likeness (QED) is 0.460. The van der Waals surface area contributed by atoms with E-state index >= 15 is 0 Å². The van der Waals surface area contributed by atoms with E-state index in [-0.39, 0.29) is 10.7 Å². The van der Waals surface area contributed by atoms with Crippen LogP contribution in [0.3, 0.4) is 0 Å². The zero-order valence-corrected chi connectivity index (χ0v) is 15.0. The number of H-pyrrole nitrogens is 1. The molecule has 4 aromatic heterocycles. The zero-order chi connectivity index (χ0) is 18.4. The van der Waals surface area contributed by atoms with Crippen molar-refractivity contribution < 1.29 is 8.83 Å². The van der Waals surface area contributed by atoms with Crippen LogP contribution in [0, 0.1) is 11.8 Å². The molecule has 0 unspecified atom stereocenters. The van der Waals surface area contributed by atoms with Gasteiger partial charge in [0, 0.05) is 18.0 Å². The van der Waals surface area contributed by atoms with Crippen LogP contribution >= 0.6 is 12.2 Å². The van der Waals surface area contributed by atoms with Crippen LogP contribution in [0.25, 0.3) is 39.8 Å². The van der Waals surface area contributed by atoms with Crippen LogP contribution in [0.2, 0.25) is 0 Å². The standard InChI is InChI=1S/C19H13N5O2S/c1-11-13-14(24-9-5-6-10-24)15(18-22-23-19(27)26-18)25-17(13)21-16(20-11)12-7-3-2-4-8-12/h2-10H,1H3,(H,23,27). The Morgan fingerprint density at radius 2 is 1.78 bits per heavy atom. The topological polar surface area (TPSA) is 85.7 Å². The van der Waals surface area contributed by atoms with Crippen molar-refractivity contribution in [2.24, 2.45) is 0 Å². The van der Waals surface area contributed by atoms with E-state index in [0.29, 0.717) is 17.3 Å². The number of hydrogen-bond donors (Lipinski definition) is 1. The van der Waals surface area contributed by atoms with E-state index in [1.807, 2.05) is 66.3 Å². The van der Waals surface area contributed by atoms with Crippen molar-refractivity contribution in [3.63, 3.8) is 0 Å². The molecular weight excluding hydrogens is 362 g/mol. The van der Waals surface area contributed by atoms with Gasteiger partial charge in [0.2, 0.25) is 11.5 Å². The molecule has 0 bridgehead atoms. The summed E-state index contributed by atoms with van der Waals surface area (Å²) in [6.07, 6.45) is 3.83. The Balaban J connectivity index is 1.83. The first-order chi connectivity index (χ1) is 13.2. The second-order valence-corrected chi connectivity index (χ2v) is 6.34. The highest BCUT2D eigenvalue weighted by atomic mass is 32.1. The minimum absolute atomic E-state index is 0.177. The molecule has 5 aromatic rings. The lowest BCUT2D eigenvalue weighted by molar-refractivity contribution is 0.517. The number of fused-ring (bicyclic) bond motifs is 1. The summed E-state index contributed by atoms with van der Waals surface area (Å²) < 4.78 is 13.5. The van der Waals surface area contributed by atoms with Gasteiger partial charge in [-0.2, -0.15) is 4.98 Å². The van der Waals surface area contributed by atoms with Gasteiger partial charge >= 0.3 is 0 Å². The molecule has 1 N–H and O–H groups in total. The summed E-state index contributed by atoms with van der Waals surface area (Å²) in [6.45, 7) is 1.93. The van der Waals surface area contributed by atoms with Crippen molar-refractivity contribution in [2.75, 3.05) is 0 Å². The van der Waals surface area contributed by atoms with Crippen LogP contribution in [0.4, 0.5) is 0 Å². The molecule has 5 rings (SSSR count). The molecule has 0 atom stereocenters. The number of hydrogen-bond acceptors (Lipinski definition) is 6. The van der Waals surface area contributed by atoms with Gasteiger partial charge in [0.25, 0.3) is 10.7 Å². The number of aromatic nitrogens is 5. The van der Waals surface area contributed by atoms with E-state index < -0.39 is 0 Å². The monoisotopic (exact) mass is 375 g/mol. The summed E-state index contributed by atoms with van der Waals surface area (Å²) >= 11 is 5.01.